The smallest absolute Gasteiger partial charge is 0.343 e. The Labute approximate surface area is 171 Å². The Morgan fingerprint density at radius 2 is 1.86 bits per heavy atom. The minimum atomic E-state index is -3.81. The maximum Gasteiger partial charge on any atom is 0.343 e. The monoisotopic (exact) mass is 471 g/mol. The number of rotatable bonds is 4. The average molecular weight is 472 g/mol. The molecule has 0 aliphatic carbocycles. The van der Waals surface area contributed by atoms with Crippen molar-refractivity contribution in [3.63, 3.8) is 0 Å². The van der Waals surface area contributed by atoms with E-state index in [4.69, 9.17) is 9.47 Å². The highest BCUT2D eigenvalue weighted by Crippen LogP contribution is 2.24. The van der Waals surface area contributed by atoms with E-state index in [0.29, 0.717) is 4.47 Å². The van der Waals surface area contributed by atoms with E-state index >= 15 is 0 Å². The van der Waals surface area contributed by atoms with Gasteiger partial charge in [0.1, 0.15) is 0 Å². The van der Waals surface area contributed by atoms with Crippen molar-refractivity contribution in [1.29, 1.82) is 0 Å². The van der Waals surface area contributed by atoms with Crippen molar-refractivity contribution < 1.29 is 27.1 Å². The number of halogens is 2. The molecule has 1 saturated heterocycles. The second-order valence-electron chi connectivity index (χ2n) is 6.57. The third kappa shape index (κ3) is 4.60. The zero-order valence-electron chi connectivity index (χ0n) is 15.3. The molecule has 1 heterocycles. The average Bonchev–Trinajstić information content (AvgIpc) is 2.63. The topological polar surface area (TPSA) is 72.9 Å². The molecular formula is C19H19BrFNO5S. The molecule has 0 amide bonds. The molecule has 2 aromatic carbocycles. The zero-order chi connectivity index (χ0) is 20.5. The number of benzene rings is 2. The molecule has 2 atom stereocenters. The SMILES string of the molecule is CC1CN(S(=O)(=O)c2cccc(C(=O)Oc3ccc(Br)cc3F)c2)CC(C)O1. The summed E-state index contributed by atoms with van der Waals surface area (Å²) < 4.78 is 52.3. The fourth-order valence-electron chi connectivity index (χ4n) is 2.98. The molecule has 28 heavy (non-hydrogen) atoms. The summed E-state index contributed by atoms with van der Waals surface area (Å²) in [6, 6.07) is 9.54. The molecule has 1 fully saturated rings. The summed E-state index contributed by atoms with van der Waals surface area (Å²) in [4.78, 5) is 12.4. The van der Waals surface area contributed by atoms with Crippen LogP contribution in [-0.4, -0.2) is 44.0 Å². The summed E-state index contributed by atoms with van der Waals surface area (Å²) in [5.74, 6) is -1.79. The number of morpholine rings is 1. The normalized spacial score (nSPS) is 20.7. The van der Waals surface area contributed by atoms with Gasteiger partial charge < -0.3 is 9.47 Å². The lowest BCUT2D eigenvalue weighted by molar-refractivity contribution is -0.0440. The molecule has 1 aliphatic rings. The highest BCUT2D eigenvalue weighted by molar-refractivity contribution is 9.10. The summed E-state index contributed by atoms with van der Waals surface area (Å²) >= 11 is 3.12. The number of ether oxygens (including phenoxy) is 2. The highest BCUT2D eigenvalue weighted by atomic mass is 79.9. The second-order valence-corrected chi connectivity index (χ2v) is 9.43. The standard InChI is InChI=1S/C19H19BrFNO5S/c1-12-10-22(11-13(2)26-12)28(24,25)16-5-3-4-14(8-16)19(23)27-18-7-6-15(20)9-17(18)21/h3-9,12-13H,10-11H2,1-2H3. The van der Waals surface area contributed by atoms with Gasteiger partial charge in [0, 0.05) is 17.6 Å². The molecule has 1 aliphatic heterocycles. The number of hydrogen-bond acceptors (Lipinski definition) is 5. The van der Waals surface area contributed by atoms with Crippen LogP contribution in [0, 0.1) is 5.82 Å². The van der Waals surface area contributed by atoms with Crippen molar-refractivity contribution >= 4 is 31.9 Å². The van der Waals surface area contributed by atoms with Gasteiger partial charge in [0.25, 0.3) is 0 Å². The van der Waals surface area contributed by atoms with Crippen LogP contribution in [0.3, 0.4) is 0 Å². The molecule has 0 aromatic heterocycles. The van der Waals surface area contributed by atoms with Gasteiger partial charge in [-0.2, -0.15) is 4.31 Å². The quantitative estimate of drug-likeness (QED) is 0.502. The molecule has 0 bridgehead atoms. The molecule has 150 valence electrons. The summed E-state index contributed by atoms with van der Waals surface area (Å²) in [6.07, 6.45) is -0.459. The molecule has 0 saturated carbocycles. The van der Waals surface area contributed by atoms with E-state index < -0.39 is 21.8 Å². The first kappa shape index (κ1) is 20.9. The fraction of sp³-hybridized carbons (Fsp3) is 0.316. The Morgan fingerprint density at radius 3 is 2.50 bits per heavy atom. The van der Waals surface area contributed by atoms with Crippen LogP contribution < -0.4 is 4.74 Å². The Kier molecular flexibility index (Phi) is 6.18. The van der Waals surface area contributed by atoms with Crippen molar-refractivity contribution in [2.24, 2.45) is 0 Å². The molecule has 0 radical (unpaired) electrons. The van der Waals surface area contributed by atoms with E-state index in [-0.39, 0.29) is 41.5 Å². The van der Waals surface area contributed by atoms with E-state index in [1.54, 1.807) is 13.8 Å². The van der Waals surface area contributed by atoms with Gasteiger partial charge in [-0.1, -0.05) is 22.0 Å². The maximum absolute atomic E-state index is 13.9. The predicted octanol–water partition coefficient (Wildman–Crippen LogP) is 3.61. The predicted molar refractivity (Wildman–Crippen MR) is 104 cm³/mol. The molecule has 2 aromatic rings. The summed E-state index contributed by atoms with van der Waals surface area (Å²) in [5.41, 5.74) is 0.0118. The number of carbonyl (C=O) groups excluding carboxylic acids is 1. The van der Waals surface area contributed by atoms with Gasteiger partial charge in [-0.15, -0.1) is 0 Å². The van der Waals surface area contributed by atoms with Crippen molar-refractivity contribution in [3.8, 4) is 5.75 Å². The van der Waals surface area contributed by atoms with Crippen LogP contribution in [0.15, 0.2) is 51.8 Å². The second kappa shape index (κ2) is 8.28. The van der Waals surface area contributed by atoms with Gasteiger partial charge in [0.15, 0.2) is 11.6 Å². The first-order valence-corrected chi connectivity index (χ1v) is 10.8. The summed E-state index contributed by atoms with van der Waals surface area (Å²) in [7, 11) is -3.81. The Morgan fingerprint density at radius 1 is 1.18 bits per heavy atom. The van der Waals surface area contributed by atoms with Gasteiger partial charge in [0.2, 0.25) is 10.0 Å². The summed E-state index contributed by atoms with van der Waals surface area (Å²) in [5, 5.41) is 0. The molecule has 3 rings (SSSR count). The number of esters is 1. The Hall–Kier alpha value is -1.81. The minimum Gasteiger partial charge on any atom is -0.420 e. The molecular weight excluding hydrogens is 453 g/mol. The van der Waals surface area contributed by atoms with Gasteiger partial charge in [-0.3, -0.25) is 0 Å². The van der Waals surface area contributed by atoms with Crippen molar-refractivity contribution in [3.05, 3.63) is 58.3 Å². The summed E-state index contributed by atoms with van der Waals surface area (Å²) in [6.45, 7) is 4.06. The number of sulfonamides is 1. The minimum absolute atomic E-state index is 0.0118. The van der Waals surface area contributed by atoms with Gasteiger partial charge >= 0.3 is 5.97 Å². The lowest BCUT2D eigenvalue weighted by Gasteiger charge is -2.34. The van der Waals surface area contributed by atoms with Gasteiger partial charge in [0.05, 0.1) is 22.7 Å². The van der Waals surface area contributed by atoms with E-state index in [1.807, 2.05) is 0 Å². The van der Waals surface area contributed by atoms with Crippen molar-refractivity contribution in [1.82, 2.24) is 4.31 Å². The number of carbonyl (C=O) groups is 1. The van der Waals surface area contributed by atoms with E-state index in [0.717, 1.165) is 0 Å². The van der Waals surface area contributed by atoms with E-state index in [1.165, 1.54) is 46.8 Å². The fourth-order valence-corrected chi connectivity index (χ4v) is 4.95. The van der Waals surface area contributed by atoms with Crippen molar-refractivity contribution in [2.45, 2.75) is 31.0 Å². The zero-order valence-corrected chi connectivity index (χ0v) is 17.7. The first-order chi connectivity index (χ1) is 13.2. The van der Waals surface area contributed by atoms with Crippen molar-refractivity contribution in [2.75, 3.05) is 13.1 Å². The number of hydrogen-bond donors (Lipinski definition) is 0. The molecule has 9 heteroatoms. The van der Waals surface area contributed by atoms with Crippen LogP contribution in [0.25, 0.3) is 0 Å². The van der Waals surface area contributed by atoms with Gasteiger partial charge in [-0.25, -0.2) is 17.6 Å². The van der Waals surface area contributed by atoms with E-state index in [9.17, 15) is 17.6 Å². The molecule has 2 unspecified atom stereocenters. The van der Waals surface area contributed by atoms with Crippen LogP contribution in [0.5, 0.6) is 5.75 Å². The maximum atomic E-state index is 13.9. The highest BCUT2D eigenvalue weighted by Gasteiger charge is 2.32. The Bertz CT molecular complexity index is 988. The Balaban J connectivity index is 1.84. The van der Waals surface area contributed by atoms with Crippen LogP contribution in [0.2, 0.25) is 0 Å². The third-order valence-electron chi connectivity index (χ3n) is 4.19. The van der Waals surface area contributed by atoms with E-state index in [2.05, 4.69) is 15.9 Å². The number of nitrogens with zero attached hydrogens (tertiary/aromatic N) is 1. The largest absolute Gasteiger partial charge is 0.420 e. The van der Waals surface area contributed by atoms with Crippen LogP contribution in [-0.2, 0) is 14.8 Å². The van der Waals surface area contributed by atoms with Crippen LogP contribution >= 0.6 is 15.9 Å². The lowest BCUT2D eigenvalue weighted by Crippen LogP contribution is -2.48. The lowest BCUT2D eigenvalue weighted by atomic mass is 10.2. The molecule has 0 N–H and O–H groups in total. The van der Waals surface area contributed by atoms with Crippen LogP contribution in [0.4, 0.5) is 4.39 Å². The molecule has 0 spiro atoms. The van der Waals surface area contributed by atoms with Crippen LogP contribution in [0.1, 0.15) is 24.2 Å². The van der Waals surface area contributed by atoms with Gasteiger partial charge in [-0.05, 0) is 50.2 Å². The third-order valence-corrected chi connectivity index (χ3v) is 6.51. The molecule has 6 nitrogen and oxygen atoms in total. The first-order valence-electron chi connectivity index (χ1n) is 8.59.